The van der Waals surface area contributed by atoms with Gasteiger partial charge in [0.05, 0.1) is 0 Å². The lowest BCUT2D eigenvalue weighted by molar-refractivity contribution is 0.716. The molecule has 0 aliphatic rings. The molecular formula is C13H14N4OS. The van der Waals surface area contributed by atoms with Gasteiger partial charge in [0, 0.05) is 12.1 Å². The van der Waals surface area contributed by atoms with Gasteiger partial charge in [0.25, 0.3) is 5.56 Å². The quantitative estimate of drug-likeness (QED) is 0.689. The topological polar surface area (TPSA) is 63.0 Å². The molecule has 0 radical (unpaired) electrons. The Balaban J connectivity index is 2.32. The van der Waals surface area contributed by atoms with Crippen LogP contribution in [0.5, 0.6) is 0 Å². The van der Waals surface area contributed by atoms with Crippen molar-refractivity contribution in [3.05, 3.63) is 56.7 Å². The van der Waals surface area contributed by atoms with E-state index in [1.807, 2.05) is 37.3 Å². The first kappa shape index (κ1) is 13.4. The maximum atomic E-state index is 11.8. The monoisotopic (exact) mass is 274 g/mol. The predicted molar refractivity (Wildman–Crippen MR) is 77.2 cm³/mol. The highest BCUT2D eigenvalue weighted by Crippen LogP contribution is 2.11. The number of H-pyrrole nitrogens is 1. The second kappa shape index (κ2) is 5.71. The van der Waals surface area contributed by atoms with Gasteiger partial charge in [-0.2, -0.15) is 14.9 Å². The molecule has 1 aromatic carbocycles. The summed E-state index contributed by atoms with van der Waals surface area (Å²) in [7, 11) is 0. The first-order valence-electron chi connectivity index (χ1n) is 5.87. The number of hydrogen-bond acceptors (Lipinski definition) is 4. The first-order chi connectivity index (χ1) is 9.09. The molecule has 1 heterocycles. The van der Waals surface area contributed by atoms with Gasteiger partial charge in [0.1, 0.15) is 5.69 Å². The van der Waals surface area contributed by atoms with E-state index >= 15 is 0 Å². The van der Waals surface area contributed by atoms with E-state index in [1.165, 1.54) is 0 Å². The van der Waals surface area contributed by atoms with Crippen LogP contribution in [0, 0.1) is 11.7 Å². The minimum absolute atomic E-state index is 0.0935. The molecule has 1 aromatic heterocycles. The minimum atomic E-state index is -0.305. The van der Waals surface area contributed by atoms with E-state index in [1.54, 1.807) is 13.1 Å². The van der Waals surface area contributed by atoms with Gasteiger partial charge in [-0.15, -0.1) is 0 Å². The molecule has 5 nitrogen and oxygen atoms in total. The van der Waals surface area contributed by atoms with Crippen LogP contribution in [-0.4, -0.2) is 21.1 Å². The summed E-state index contributed by atoms with van der Waals surface area (Å²) in [6.07, 6.45) is 1.69. The maximum Gasteiger partial charge on any atom is 0.296 e. The van der Waals surface area contributed by atoms with Gasteiger partial charge in [-0.1, -0.05) is 37.3 Å². The van der Waals surface area contributed by atoms with E-state index in [2.05, 4.69) is 15.3 Å². The van der Waals surface area contributed by atoms with Crippen molar-refractivity contribution in [2.75, 3.05) is 0 Å². The van der Waals surface area contributed by atoms with Crippen LogP contribution in [0.1, 0.15) is 24.1 Å². The summed E-state index contributed by atoms with van der Waals surface area (Å²) in [5.74, 6) is 0.0935. The molecule has 6 heteroatoms. The molecule has 1 atom stereocenters. The van der Waals surface area contributed by atoms with Crippen molar-refractivity contribution in [1.82, 2.24) is 14.9 Å². The van der Waals surface area contributed by atoms with Gasteiger partial charge in [-0.05, 0) is 24.7 Å². The van der Waals surface area contributed by atoms with E-state index in [9.17, 15) is 4.79 Å². The zero-order chi connectivity index (χ0) is 13.8. The van der Waals surface area contributed by atoms with E-state index in [-0.39, 0.29) is 16.2 Å². The third-order valence-electron chi connectivity index (χ3n) is 2.74. The van der Waals surface area contributed by atoms with E-state index in [4.69, 9.17) is 12.2 Å². The van der Waals surface area contributed by atoms with Gasteiger partial charge >= 0.3 is 0 Å². The second-order valence-corrected chi connectivity index (χ2v) is 4.58. The van der Waals surface area contributed by atoms with Crippen LogP contribution in [0.4, 0.5) is 0 Å². The number of aromatic nitrogens is 3. The number of aromatic amines is 1. The summed E-state index contributed by atoms with van der Waals surface area (Å²) in [5.41, 5.74) is 1.15. The predicted octanol–water partition coefficient (Wildman–Crippen LogP) is 2.25. The molecule has 1 N–H and O–H groups in total. The molecule has 0 fully saturated rings. The summed E-state index contributed by atoms with van der Waals surface area (Å²) >= 11 is 5.00. The van der Waals surface area contributed by atoms with Crippen molar-refractivity contribution in [3.63, 3.8) is 0 Å². The Labute approximate surface area is 115 Å². The molecule has 0 unspecified atom stereocenters. The van der Waals surface area contributed by atoms with E-state index in [0.29, 0.717) is 5.69 Å². The molecule has 0 aliphatic carbocycles. The van der Waals surface area contributed by atoms with Crippen LogP contribution in [0.2, 0.25) is 0 Å². The molecule has 2 rings (SSSR count). The fourth-order valence-electron chi connectivity index (χ4n) is 1.59. The maximum absolute atomic E-state index is 11.8. The molecule has 0 bridgehead atoms. The second-order valence-electron chi connectivity index (χ2n) is 4.20. The SMILES string of the molecule is Cc1n[nH]c(=S)n(/N=C\[C@H](C)c2ccccc2)c1=O. The molecule has 0 saturated heterocycles. The van der Waals surface area contributed by atoms with Crippen LogP contribution in [0.25, 0.3) is 0 Å². The molecule has 2 aromatic rings. The standard InChI is InChI=1S/C13H14N4OS/c1-9(11-6-4-3-5-7-11)8-14-17-12(18)10(2)15-16-13(17)19/h3-9H,1-2H3,(H,16,19)/b14-8-/t9-/m0/s1. The number of benzene rings is 1. The van der Waals surface area contributed by atoms with Crippen LogP contribution in [-0.2, 0) is 0 Å². The lowest BCUT2D eigenvalue weighted by Crippen LogP contribution is -2.22. The Morgan fingerprint density at radius 2 is 2.11 bits per heavy atom. The zero-order valence-corrected chi connectivity index (χ0v) is 11.5. The highest BCUT2D eigenvalue weighted by atomic mass is 32.1. The number of nitrogens with one attached hydrogen (secondary N) is 1. The van der Waals surface area contributed by atoms with Gasteiger partial charge in [-0.3, -0.25) is 9.89 Å². The normalized spacial score (nSPS) is 12.7. The van der Waals surface area contributed by atoms with Crippen molar-refractivity contribution in [3.8, 4) is 0 Å². The molecule has 98 valence electrons. The Morgan fingerprint density at radius 1 is 1.42 bits per heavy atom. The van der Waals surface area contributed by atoms with Crippen LogP contribution >= 0.6 is 12.2 Å². The van der Waals surface area contributed by atoms with Crippen molar-refractivity contribution in [2.24, 2.45) is 5.10 Å². The van der Waals surface area contributed by atoms with E-state index in [0.717, 1.165) is 10.2 Å². The van der Waals surface area contributed by atoms with Gasteiger partial charge < -0.3 is 0 Å². The smallest absolute Gasteiger partial charge is 0.265 e. The van der Waals surface area contributed by atoms with Crippen molar-refractivity contribution in [1.29, 1.82) is 0 Å². The summed E-state index contributed by atoms with van der Waals surface area (Å²) in [5, 5.41) is 10.5. The molecule has 0 aliphatic heterocycles. The fourth-order valence-corrected chi connectivity index (χ4v) is 1.76. The summed E-state index contributed by atoms with van der Waals surface area (Å²) in [6, 6.07) is 9.92. The Kier molecular flexibility index (Phi) is 4.01. The molecule has 19 heavy (non-hydrogen) atoms. The zero-order valence-electron chi connectivity index (χ0n) is 10.7. The minimum Gasteiger partial charge on any atom is -0.265 e. The number of hydrogen-bond donors (Lipinski definition) is 1. The van der Waals surface area contributed by atoms with Crippen molar-refractivity contribution in [2.45, 2.75) is 19.8 Å². The number of nitrogens with zero attached hydrogens (tertiary/aromatic N) is 3. The lowest BCUT2D eigenvalue weighted by atomic mass is 10.0. The molecule has 0 amide bonds. The number of rotatable bonds is 3. The molecule has 0 spiro atoms. The van der Waals surface area contributed by atoms with Crippen LogP contribution in [0.15, 0.2) is 40.2 Å². The van der Waals surface area contributed by atoms with Crippen LogP contribution < -0.4 is 5.56 Å². The summed E-state index contributed by atoms with van der Waals surface area (Å²) < 4.78 is 1.34. The summed E-state index contributed by atoms with van der Waals surface area (Å²) in [6.45, 7) is 3.62. The Morgan fingerprint density at radius 3 is 2.79 bits per heavy atom. The van der Waals surface area contributed by atoms with Crippen LogP contribution in [0.3, 0.4) is 0 Å². The van der Waals surface area contributed by atoms with Crippen molar-refractivity contribution >= 4 is 18.4 Å². The van der Waals surface area contributed by atoms with Gasteiger partial charge in [-0.25, -0.2) is 0 Å². The molecule has 0 saturated carbocycles. The highest BCUT2D eigenvalue weighted by molar-refractivity contribution is 7.71. The highest BCUT2D eigenvalue weighted by Gasteiger charge is 2.03. The van der Waals surface area contributed by atoms with E-state index < -0.39 is 0 Å². The Bertz CT molecular complexity index is 703. The largest absolute Gasteiger partial charge is 0.296 e. The summed E-state index contributed by atoms with van der Waals surface area (Å²) in [4.78, 5) is 11.8. The van der Waals surface area contributed by atoms with Gasteiger partial charge in [0.15, 0.2) is 0 Å². The van der Waals surface area contributed by atoms with Gasteiger partial charge in [0.2, 0.25) is 4.77 Å². The Hall–Kier alpha value is -2.08. The lowest BCUT2D eigenvalue weighted by Gasteiger charge is -2.05. The average molecular weight is 274 g/mol. The number of aryl methyl sites for hydroxylation is 1. The third kappa shape index (κ3) is 3.03. The average Bonchev–Trinajstić information content (AvgIpc) is 2.44. The molecular weight excluding hydrogens is 260 g/mol. The van der Waals surface area contributed by atoms with Crippen molar-refractivity contribution < 1.29 is 0 Å². The first-order valence-corrected chi connectivity index (χ1v) is 6.28. The fraction of sp³-hybridized carbons (Fsp3) is 0.231. The third-order valence-corrected chi connectivity index (χ3v) is 3.01.